The van der Waals surface area contributed by atoms with Crippen LogP contribution < -0.4 is 5.32 Å². The minimum Gasteiger partial charge on any atom is -0.449 e. The molecule has 9 heteroatoms. The number of halogens is 4. The maximum Gasteiger partial charge on any atom is 0.416 e. The molecule has 0 heterocycles. The third kappa shape index (κ3) is 6.61. The number of alkyl halides is 4. The monoisotopic (exact) mass is 409 g/mol. The van der Waals surface area contributed by atoms with Gasteiger partial charge in [0, 0.05) is 0 Å². The molecule has 1 atom stereocenters. The average molecular weight is 410 g/mol. The van der Waals surface area contributed by atoms with Crippen molar-refractivity contribution in [3.63, 3.8) is 0 Å². The molecule has 1 amide bonds. The van der Waals surface area contributed by atoms with Crippen molar-refractivity contribution < 1.29 is 32.2 Å². The second kappa shape index (κ2) is 8.37. The van der Waals surface area contributed by atoms with Crippen molar-refractivity contribution in [2.75, 3.05) is 6.07 Å². The molecule has 0 aliphatic carbocycles. The predicted octanol–water partition coefficient (Wildman–Crippen LogP) is 5.04. The quantitative estimate of drug-likeness (QED) is 0.546. The molecule has 1 rings (SSSR count). The van der Waals surface area contributed by atoms with E-state index in [4.69, 9.17) is 21.1 Å². The molecule has 0 aromatic heterocycles. The number of carbonyl (C=O) groups excluding carboxylic acids is 2. The lowest BCUT2D eigenvalue weighted by Crippen LogP contribution is -2.45. The number of ether oxygens (including phenoxy) is 2. The fourth-order valence-electron chi connectivity index (χ4n) is 2.35. The molecule has 5 nitrogen and oxygen atoms in total. The van der Waals surface area contributed by atoms with E-state index in [1.807, 2.05) is 0 Å². The van der Waals surface area contributed by atoms with E-state index in [9.17, 15) is 22.8 Å². The highest BCUT2D eigenvalue weighted by Crippen LogP contribution is 2.38. The summed E-state index contributed by atoms with van der Waals surface area (Å²) in [5, 5.41) is 2.48. The number of alkyl carbamates (subject to hydrolysis) is 1. The van der Waals surface area contributed by atoms with E-state index in [1.54, 1.807) is 20.8 Å². The first-order valence-corrected chi connectivity index (χ1v) is 8.62. The Balaban J connectivity index is 3.34. The molecule has 1 aromatic carbocycles. The van der Waals surface area contributed by atoms with Crippen molar-refractivity contribution in [3.8, 4) is 0 Å². The molecule has 27 heavy (non-hydrogen) atoms. The number of esters is 1. The van der Waals surface area contributed by atoms with Gasteiger partial charge >= 0.3 is 18.2 Å². The van der Waals surface area contributed by atoms with E-state index in [-0.39, 0.29) is 5.56 Å². The van der Waals surface area contributed by atoms with Gasteiger partial charge in [-0.15, -0.1) is 0 Å². The van der Waals surface area contributed by atoms with Gasteiger partial charge < -0.3 is 14.8 Å². The number of hydrogen-bond acceptors (Lipinski definition) is 4. The first kappa shape index (κ1) is 23.1. The molecule has 0 bridgehead atoms. The summed E-state index contributed by atoms with van der Waals surface area (Å²) >= 11 is 5.43. The Kier molecular flexibility index (Phi) is 7.16. The highest BCUT2D eigenvalue weighted by atomic mass is 35.5. The molecule has 0 saturated carbocycles. The molecule has 0 saturated heterocycles. The van der Waals surface area contributed by atoms with Crippen molar-refractivity contribution in [2.45, 2.75) is 52.4 Å². The zero-order chi connectivity index (χ0) is 21.0. The third-order valence-corrected chi connectivity index (χ3v) is 3.75. The van der Waals surface area contributed by atoms with Crippen LogP contribution in [-0.4, -0.2) is 23.7 Å². The van der Waals surface area contributed by atoms with Crippen LogP contribution in [-0.2, 0) is 20.4 Å². The molecule has 1 aromatic rings. The summed E-state index contributed by atoms with van der Waals surface area (Å²) in [6.45, 7) is 7.78. The number of amides is 1. The zero-order valence-corrected chi connectivity index (χ0v) is 16.5. The van der Waals surface area contributed by atoms with Crippen molar-refractivity contribution >= 4 is 23.7 Å². The number of carbonyl (C=O) groups is 2. The molecular weight excluding hydrogens is 387 g/mol. The second-order valence-corrected chi connectivity index (χ2v) is 7.68. The Morgan fingerprint density at radius 1 is 1.15 bits per heavy atom. The summed E-state index contributed by atoms with van der Waals surface area (Å²) in [6, 6.07) is 2.78. The van der Waals surface area contributed by atoms with Gasteiger partial charge in [-0.25, -0.2) is 4.79 Å². The van der Waals surface area contributed by atoms with Gasteiger partial charge in [-0.2, -0.15) is 13.2 Å². The van der Waals surface area contributed by atoms with Crippen LogP contribution >= 0.6 is 11.6 Å². The molecular formula is C18H23ClF3NO4. The standard InChI is InChI=1S/C18H23ClF3NO4/c1-16(2,3)27-15(25)23-13(17(4,5)14(24)26-10-19)11-7-6-8-12(9-11)18(20,21)22/h6-9,13H,10H2,1-5H3,(H,23,25). The molecule has 0 aliphatic heterocycles. The first-order valence-electron chi connectivity index (χ1n) is 8.08. The normalized spacial score (nSPS) is 13.7. The predicted molar refractivity (Wildman–Crippen MR) is 94.1 cm³/mol. The molecule has 0 fully saturated rings. The Hall–Kier alpha value is -1.96. The van der Waals surface area contributed by atoms with E-state index >= 15 is 0 Å². The summed E-state index contributed by atoms with van der Waals surface area (Å²) in [5.41, 5.74) is -3.08. The fraction of sp³-hybridized carbons (Fsp3) is 0.556. The summed E-state index contributed by atoms with van der Waals surface area (Å²) in [7, 11) is 0. The number of benzene rings is 1. The summed E-state index contributed by atoms with van der Waals surface area (Å²) in [5.74, 6) is -0.782. The summed E-state index contributed by atoms with van der Waals surface area (Å²) in [6.07, 6.45) is -5.45. The van der Waals surface area contributed by atoms with Gasteiger partial charge in [-0.05, 0) is 52.3 Å². The molecule has 1 unspecified atom stereocenters. The van der Waals surface area contributed by atoms with Crippen LogP contribution in [0.2, 0.25) is 0 Å². The maximum absolute atomic E-state index is 13.1. The zero-order valence-electron chi connectivity index (χ0n) is 15.7. The van der Waals surface area contributed by atoms with Crippen LogP contribution in [0.1, 0.15) is 51.8 Å². The van der Waals surface area contributed by atoms with Gasteiger partial charge in [-0.1, -0.05) is 23.7 Å². The van der Waals surface area contributed by atoms with Crippen molar-refractivity contribution in [2.24, 2.45) is 5.41 Å². The molecule has 152 valence electrons. The van der Waals surface area contributed by atoms with Gasteiger partial charge in [0.25, 0.3) is 0 Å². The van der Waals surface area contributed by atoms with Crippen LogP contribution in [0.5, 0.6) is 0 Å². The third-order valence-electron chi connectivity index (χ3n) is 3.64. The Bertz CT molecular complexity index is 684. The minimum absolute atomic E-state index is 0.0761. The lowest BCUT2D eigenvalue weighted by atomic mass is 9.80. The molecule has 1 N–H and O–H groups in total. The maximum atomic E-state index is 13.1. The lowest BCUT2D eigenvalue weighted by Gasteiger charge is -2.34. The average Bonchev–Trinajstić information content (AvgIpc) is 2.50. The van der Waals surface area contributed by atoms with Gasteiger partial charge in [0.2, 0.25) is 0 Å². The summed E-state index contributed by atoms with van der Waals surface area (Å²) in [4.78, 5) is 24.5. The topological polar surface area (TPSA) is 64.6 Å². The van der Waals surface area contributed by atoms with Gasteiger partial charge in [0.15, 0.2) is 6.07 Å². The van der Waals surface area contributed by atoms with Crippen molar-refractivity contribution in [3.05, 3.63) is 35.4 Å². The first-order chi connectivity index (χ1) is 12.2. The van der Waals surface area contributed by atoms with Crippen LogP contribution in [0.3, 0.4) is 0 Å². The molecule has 0 aliphatic rings. The van der Waals surface area contributed by atoms with E-state index in [2.05, 4.69) is 5.32 Å². The molecule has 0 radical (unpaired) electrons. The SMILES string of the molecule is CC(C)(C)OC(=O)NC(c1cccc(C(F)(F)F)c1)C(C)(C)C(=O)OCCl. The van der Waals surface area contributed by atoms with Gasteiger partial charge in [-0.3, -0.25) is 4.79 Å². The molecule has 0 spiro atoms. The van der Waals surface area contributed by atoms with Crippen LogP contribution in [0.25, 0.3) is 0 Å². The van der Waals surface area contributed by atoms with Gasteiger partial charge in [0.05, 0.1) is 17.0 Å². The Morgan fingerprint density at radius 2 is 1.74 bits per heavy atom. The van der Waals surface area contributed by atoms with E-state index in [0.717, 1.165) is 12.1 Å². The van der Waals surface area contributed by atoms with Crippen molar-refractivity contribution in [1.82, 2.24) is 5.32 Å². The largest absolute Gasteiger partial charge is 0.449 e. The fourth-order valence-corrected chi connectivity index (χ4v) is 2.45. The van der Waals surface area contributed by atoms with Crippen molar-refractivity contribution in [1.29, 1.82) is 0 Å². The number of hydrogen-bond donors (Lipinski definition) is 1. The smallest absolute Gasteiger partial charge is 0.416 e. The second-order valence-electron chi connectivity index (χ2n) is 7.47. The van der Waals surface area contributed by atoms with E-state index in [1.165, 1.54) is 26.0 Å². The highest BCUT2D eigenvalue weighted by molar-refractivity contribution is 6.17. The van der Waals surface area contributed by atoms with Gasteiger partial charge in [0.1, 0.15) is 5.60 Å². The van der Waals surface area contributed by atoms with Crippen LogP contribution in [0.4, 0.5) is 18.0 Å². The number of nitrogens with one attached hydrogen (secondary N) is 1. The van der Waals surface area contributed by atoms with E-state index in [0.29, 0.717) is 0 Å². The highest BCUT2D eigenvalue weighted by Gasteiger charge is 2.42. The van der Waals surface area contributed by atoms with Crippen LogP contribution in [0.15, 0.2) is 24.3 Å². The minimum atomic E-state index is -4.58. The van der Waals surface area contributed by atoms with E-state index < -0.39 is 46.9 Å². The lowest BCUT2D eigenvalue weighted by molar-refractivity contribution is -0.153. The Morgan fingerprint density at radius 3 is 2.22 bits per heavy atom. The van der Waals surface area contributed by atoms with Crippen LogP contribution in [0, 0.1) is 5.41 Å². The Labute approximate surface area is 161 Å². The summed E-state index contributed by atoms with van der Waals surface area (Å²) < 4.78 is 49.2. The number of rotatable bonds is 5.